The lowest BCUT2D eigenvalue weighted by molar-refractivity contribution is -0.385. The first-order valence-corrected chi connectivity index (χ1v) is 8.47. The molecule has 0 bridgehead atoms. The molecule has 1 aliphatic carbocycles. The predicted octanol–water partition coefficient (Wildman–Crippen LogP) is 3.91. The molecule has 0 unspecified atom stereocenters. The molecule has 1 aromatic carbocycles. The van der Waals surface area contributed by atoms with Crippen molar-refractivity contribution in [3.05, 3.63) is 45.8 Å². The Morgan fingerprint density at radius 2 is 2.04 bits per heavy atom. The maximum atomic E-state index is 11.2. The molecule has 0 N–H and O–H groups in total. The summed E-state index contributed by atoms with van der Waals surface area (Å²) in [5, 5.41) is 12.1. The van der Waals surface area contributed by atoms with E-state index in [1.54, 1.807) is 12.1 Å². The van der Waals surface area contributed by atoms with Crippen LogP contribution in [0.4, 0.5) is 10.8 Å². The van der Waals surface area contributed by atoms with Gasteiger partial charge in [0.25, 0.3) is 5.69 Å². The van der Waals surface area contributed by atoms with Gasteiger partial charge in [0.1, 0.15) is 5.82 Å². The van der Waals surface area contributed by atoms with E-state index < -0.39 is 0 Å². The summed E-state index contributed by atoms with van der Waals surface area (Å²) in [6.45, 7) is 6.76. The van der Waals surface area contributed by atoms with Crippen molar-refractivity contribution in [3.63, 3.8) is 0 Å². The number of hydrogen-bond donors (Lipinski definition) is 0. The highest BCUT2D eigenvalue weighted by Crippen LogP contribution is 2.36. The zero-order valence-corrected chi connectivity index (χ0v) is 14.3. The molecule has 1 fully saturated rings. The Morgan fingerprint density at radius 3 is 2.61 bits per heavy atom. The molecule has 7 heteroatoms. The van der Waals surface area contributed by atoms with E-state index >= 15 is 0 Å². The summed E-state index contributed by atoms with van der Waals surface area (Å²) in [5.74, 6) is 0.825. The number of benzene rings is 1. The normalized spacial score (nSPS) is 14.7. The topological polar surface area (TPSA) is 72.2 Å². The maximum Gasteiger partial charge on any atom is 0.274 e. The zero-order valence-electron chi connectivity index (χ0n) is 13.5. The molecular formula is C16H20N4O2S. The second-order valence-corrected chi connectivity index (χ2v) is 7.63. The fourth-order valence-electron chi connectivity index (χ4n) is 2.38. The molecule has 0 spiro atoms. The van der Waals surface area contributed by atoms with Gasteiger partial charge in [-0.25, -0.2) is 4.98 Å². The number of anilines is 1. The maximum absolute atomic E-state index is 11.2. The minimum absolute atomic E-state index is 0.0945. The largest absolute Gasteiger partial charge is 0.339 e. The molecule has 1 saturated carbocycles. The van der Waals surface area contributed by atoms with Crippen LogP contribution >= 0.6 is 11.5 Å². The van der Waals surface area contributed by atoms with Gasteiger partial charge in [0, 0.05) is 34.6 Å². The molecule has 0 saturated heterocycles. The molecule has 1 heterocycles. The fraction of sp³-hybridized carbons (Fsp3) is 0.500. The molecule has 1 aromatic heterocycles. The molecule has 6 nitrogen and oxygen atoms in total. The number of hydrogen-bond acceptors (Lipinski definition) is 6. The van der Waals surface area contributed by atoms with Gasteiger partial charge in [0.05, 0.1) is 11.5 Å². The molecule has 122 valence electrons. The summed E-state index contributed by atoms with van der Waals surface area (Å²) in [6, 6.07) is 7.33. The highest BCUT2D eigenvalue weighted by molar-refractivity contribution is 7.09. The van der Waals surface area contributed by atoms with E-state index in [1.807, 2.05) is 12.1 Å². The van der Waals surface area contributed by atoms with Crippen molar-refractivity contribution in [2.45, 2.75) is 51.6 Å². The summed E-state index contributed by atoms with van der Waals surface area (Å²) < 4.78 is 4.47. The average Bonchev–Trinajstić information content (AvgIpc) is 3.19. The Balaban J connectivity index is 1.89. The smallest absolute Gasteiger partial charge is 0.274 e. The van der Waals surface area contributed by atoms with Gasteiger partial charge in [-0.05, 0) is 12.8 Å². The van der Waals surface area contributed by atoms with Crippen molar-refractivity contribution in [3.8, 4) is 0 Å². The third-order valence-electron chi connectivity index (χ3n) is 3.85. The second kappa shape index (κ2) is 5.88. The molecule has 2 aromatic rings. The van der Waals surface area contributed by atoms with Crippen LogP contribution in [0.15, 0.2) is 24.3 Å². The van der Waals surface area contributed by atoms with E-state index in [-0.39, 0.29) is 16.0 Å². The molecule has 23 heavy (non-hydrogen) atoms. The van der Waals surface area contributed by atoms with Gasteiger partial charge in [0.15, 0.2) is 0 Å². The summed E-state index contributed by atoms with van der Waals surface area (Å²) in [5.41, 5.74) is 0.790. The first-order valence-electron chi connectivity index (χ1n) is 7.69. The fourth-order valence-corrected chi connectivity index (χ4v) is 3.31. The van der Waals surface area contributed by atoms with Gasteiger partial charge >= 0.3 is 0 Å². The Morgan fingerprint density at radius 1 is 1.35 bits per heavy atom. The van der Waals surface area contributed by atoms with Gasteiger partial charge in [-0.1, -0.05) is 39.0 Å². The SMILES string of the molecule is CC(C)(C)c1nsc(N(Cc2ccccc2[N+](=O)[O-])C2CC2)n1. The van der Waals surface area contributed by atoms with E-state index in [0.29, 0.717) is 12.6 Å². The molecular weight excluding hydrogens is 312 g/mol. The standard InChI is InChI=1S/C16H20N4O2S/c1-16(2,3)14-17-15(23-18-14)19(12-8-9-12)10-11-6-4-5-7-13(11)20(21)22/h4-7,12H,8-10H2,1-3H3. The molecule has 0 atom stereocenters. The van der Waals surface area contributed by atoms with E-state index in [9.17, 15) is 10.1 Å². The van der Waals surface area contributed by atoms with Crippen LogP contribution in [0.25, 0.3) is 0 Å². The van der Waals surface area contributed by atoms with Gasteiger partial charge in [-0.2, -0.15) is 4.37 Å². The molecule has 0 amide bonds. The number of nitro benzene ring substituents is 1. The number of nitro groups is 1. The molecule has 0 radical (unpaired) electrons. The minimum Gasteiger partial charge on any atom is -0.339 e. The molecule has 3 rings (SSSR count). The van der Waals surface area contributed by atoms with Crippen molar-refractivity contribution >= 4 is 22.4 Å². The predicted molar refractivity (Wildman–Crippen MR) is 90.9 cm³/mol. The summed E-state index contributed by atoms with van der Waals surface area (Å²) in [6.07, 6.45) is 2.20. The lowest BCUT2D eigenvalue weighted by Gasteiger charge is -2.21. The monoisotopic (exact) mass is 332 g/mol. The van der Waals surface area contributed by atoms with Gasteiger partial charge in [-0.3, -0.25) is 10.1 Å². The number of nitrogens with zero attached hydrogens (tertiary/aromatic N) is 4. The van der Waals surface area contributed by atoms with Gasteiger partial charge in [-0.15, -0.1) is 0 Å². The third kappa shape index (κ3) is 3.50. The van der Waals surface area contributed by atoms with Gasteiger partial charge < -0.3 is 4.90 Å². The lowest BCUT2D eigenvalue weighted by atomic mass is 9.96. The van der Waals surface area contributed by atoms with Crippen LogP contribution in [-0.4, -0.2) is 20.3 Å². The van der Waals surface area contributed by atoms with Crippen LogP contribution in [0.2, 0.25) is 0 Å². The lowest BCUT2D eigenvalue weighted by Crippen LogP contribution is -2.25. The molecule has 1 aliphatic rings. The van der Waals surface area contributed by atoms with Crippen LogP contribution in [0.1, 0.15) is 45.0 Å². The summed E-state index contributed by atoms with van der Waals surface area (Å²) in [7, 11) is 0. The van der Waals surface area contributed by atoms with E-state index in [2.05, 4.69) is 35.0 Å². The van der Waals surface area contributed by atoms with Gasteiger partial charge in [0.2, 0.25) is 5.13 Å². The van der Waals surface area contributed by atoms with Crippen LogP contribution in [0.5, 0.6) is 0 Å². The van der Waals surface area contributed by atoms with Crippen molar-refractivity contribution < 1.29 is 4.92 Å². The zero-order chi connectivity index (χ0) is 16.6. The van der Waals surface area contributed by atoms with Crippen LogP contribution in [-0.2, 0) is 12.0 Å². The first kappa shape index (κ1) is 15.9. The average molecular weight is 332 g/mol. The Bertz CT molecular complexity index is 719. The highest BCUT2D eigenvalue weighted by atomic mass is 32.1. The van der Waals surface area contributed by atoms with Crippen LogP contribution in [0.3, 0.4) is 0 Å². The quantitative estimate of drug-likeness (QED) is 0.613. The molecule has 0 aliphatic heterocycles. The number of para-hydroxylation sites is 1. The van der Waals surface area contributed by atoms with Crippen molar-refractivity contribution in [2.75, 3.05) is 4.90 Å². The van der Waals surface area contributed by atoms with E-state index in [1.165, 1.54) is 11.5 Å². The Labute approximate surface area is 139 Å². The van der Waals surface area contributed by atoms with E-state index in [4.69, 9.17) is 0 Å². The minimum atomic E-state index is -0.318. The number of aromatic nitrogens is 2. The summed E-state index contributed by atoms with van der Waals surface area (Å²) in [4.78, 5) is 17.7. The number of rotatable bonds is 5. The highest BCUT2D eigenvalue weighted by Gasteiger charge is 2.33. The first-order chi connectivity index (χ1) is 10.9. The second-order valence-electron chi connectivity index (χ2n) is 6.90. The van der Waals surface area contributed by atoms with Crippen molar-refractivity contribution in [1.82, 2.24) is 9.36 Å². The van der Waals surface area contributed by atoms with Crippen molar-refractivity contribution in [2.24, 2.45) is 0 Å². The van der Waals surface area contributed by atoms with Crippen LogP contribution < -0.4 is 4.90 Å². The van der Waals surface area contributed by atoms with E-state index in [0.717, 1.165) is 29.4 Å². The third-order valence-corrected chi connectivity index (χ3v) is 4.60. The van der Waals surface area contributed by atoms with Crippen molar-refractivity contribution in [1.29, 1.82) is 0 Å². The Hall–Kier alpha value is -2.02. The van der Waals surface area contributed by atoms with Crippen LogP contribution in [0, 0.1) is 10.1 Å². The Kier molecular flexibility index (Phi) is 4.06. The summed E-state index contributed by atoms with van der Waals surface area (Å²) >= 11 is 1.38.